The van der Waals surface area contributed by atoms with Crippen LogP contribution in [-0.2, 0) is 13.2 Å². The molecule has 1 N–H and O–H groups in total. The number of benzene rings is 3. The molecule has 0 spiro atoms. The fourth-order valence-electron chi connectivity index (χ4n) is 3.21. The van der Waals surface area contributed by atoms with Crippen molar-refractivity contribution in [3.8, 4) is 11.4 Å². The lowest BCUT2D eigenvalue weighted by atomic mass is 10.2. The van der Waals surface area contributed by atoms with Gasteiger partial charge in [-0.2, -0.15) is 4.68 Å². The Morgan fingerprint density at radius 1 is 1.00 bits per heavy atom. The molecule has 4 aromatic rings. The maximum Gasteiger partial charge on any atom is 0.214 e. The Morgan fingerprint density at radius 2 is 1.85 bits per heavy atom. The summed E-state index contributed by atoms with van der Waals surface area (Å²) in [5.74, 6) is 1.72. The summed E-state index contributed by atoms with van der Waals surface area (Å²) < 4.78 is 8.83. The van der Waals surface area contributed by atoms with E-state index in [4.69, 9.17) is 27.9 Å². The van der Waals surface area contributed by atoms with Crippen LogP contribution >= 0.6 is 50.9 Å². The second-order valence-corrected chi connectivity index (χ2v) is 10.2. The number of hydrogen-bond acceptors (Lipinski definition) is 6. The standard InChI is InChI=1S/C24H22BrCl2N5OS/c25-19-8-10-23(33-16-17-7-9-20(26)14-22(17)27)18(13-19)15-28-11-4-12-34-24-29-30-31-32(24)21-5-2-1-3-6-21/h1-3,5-10,13-14,28H,4,11-12,15-16H2. The second kappa shape index (κ2) is 12.6. The minimum absolute atomic E-state index is 0.372. The van der Waals surface area contributed by atoms with Crippen molar-refractivity contribution in [2.75, 3.05) is 12.3 Å². The van der Waals surface area contributed by atoms with Gasteiger partial charge in [0.25, 0.3) is 0 Å². The number of hydrogen-bond donors (Lipinski definition) is 1. The van der Waals surface area contributed by atoms with Crippen molar-refractivity contribution in [1.29, 1.82) is 0 Å². The minimum Gasteiger partial charge on any atom is -0.489 e. The summed E-state index contributed by atoms with van der Waals surface area (Å²) in [6.07, 6.45) is 0.969. The van der Waals surface area contributed by atoms with Crippen LogP contribution in [0.1, 0.15) is 17.5 Å². The third kappa shape index (κ3) is 6.96. The summed E-state index contributed by atoms with van der Waals surface area (Å²) in [5.41, 5.74) is 2.91. The quantitative estimate of drug-likeness (QED) is 0.160. The highest BCUT2D eigenvalue weighted by atomic mass is 79.9. The highest BCUT2D eigenvalue weighted by Gasteiger charge is 2.09. The van der Waals surface area contributed by atoms with Gasteiger partial charge in [-0.3, -0.25) is 0 Å². The third-order valence-corrected chi connectivity index (χ3v) is 6.99. The molecule has 34 heavy (non-hydrogen) atoms. The summed E-state index contributed by atoms with van der Waals surface area (Å²) in [5, 5.41) is 17.5. The van der Waals surface area contributed by atoms with Crippen LogP contribution < -0.4 is 10.1 Å². The van der Waals surface area contributed by atoms with Crippen LogP contribution in [0.4, 0.5) is 0 Å². The number of tetrazole rings is 1. The average molecular weight is 579 g/mol. The number of para-hydroxylation sites is 1. The molecule has 0 saturated carbocycles. The molecule has 1 aromatic heterocycles. The third-order valence-electron chi connectivity index (χ3n) is 4.91. The van der Waals surface area contributed by atoms with Crippen LogP contribution in [0.5, 0.6) is 5.75 Å². The Kier molecular flexibility index (Phi) is 9.24. The summed E-state index contributed by atoms with van der Waals surface area (Å²) in [4.78, 5) is 0. The average Bonchev–Trinajstić information content (AvgIpc) is 3.31. The molecule has 4 rings (SSSR count). The number of thioether (sulfide) groups is 1. The molecule has 3 aromatic carbocycles. The van der Waals surface area contributed by atoms with E-state index in [-0.39, 0.29) is 0 Å². The number of ether oxygens (including phenoxy) is 1. The van der Waals surface area contributed by atoms with E-state index < -0.39 is 0 Å². The summed E-state index contributed by atoms with van der Waals surface area (Å²) in [7, 11) is 0. The number of nitrogens with one attached hydrogen (secondary N) is 1. The van der Waals surface area contributed by atoms with E-state index in [1.165, 1.54) is 0 Å². The van der Waals surface area contributed by atoms with Gasteiger partial charge in [0.1, 0.15) is 12.4 Å². The van der Waals surface area contributed by atoms with Gasteiger partial charge in [0.2, 0.25) is 5.16 Å². The van der Waals surface area contributed by atoms with E-state index in [1.807, 2.05) is 54.6 Å². The number of nitrogens with zero attached hydrogens (tertiary/aromatic N) is 4. The summed E-state index contributed by atoms with van der Waals surface area (Å²) >= 11 is 17.4. The van der Waals surface area contributed by atoms with Gasteiger partial charge in [-0.1, -0.05) is 75.2 Å². The molecular formula is C24H22BrCl2N5OS. The van der Waals surface area contributed by atoms with Crippen LogP contribution in [0, 0.1) is 0 Å². The molecule has 6 nitrogen and oxygen atoms in total. The molecule has 0 atom stereocenters. The Hall–Kier alpha value is -2.10. The van der Waals surface area contributed by atoms with Crippen LogP contribution in [-0.4, -0.2) is 32.5 Å². The second-order valence-electron chi connectivity index (χ2n) is 7.36. The first-order chi connectivity index (χ1) is 16.6. The van der Waals surface area contributed by atoms with Crippen molar-refractivity contribution in [2.45, 2.75) is 24.7 Å². The predicted molar refractivity (Wildman–Crippen MR) is 141 cm³/mol. The van der Waals surface area contributed by atoms with Crippen molar-refractivity contribution in [2.24, 2.45) is 0 Å². The van der Waals surface area contributed by atoms with Gasteiger partial charge in [0.15, 0.2) is 0 Å². The molecule has 0 amide bonds. The summed E-state index contributed by atoms with van der Waals surface area (Å²) in [6, 6.07) is 21.3. The zero-order valence-corrected chi connectivity index (χ0v) is 22.0. The van der Waals surface area contributed by atoms with Gasteiger partial charge in [-0.15, -0.1) is 5.10 Å². The molecule has 0 fully saturated rings. The molecule has 10 heteroatoms. The van der Waals surface area contributed by atoms with Crippen LogP contribution in [0.3, 0.4) is 0 Å². The lowest BCUT2D eigenvalue weighted by molar-refractivity contribution is 0.302. The molecule has 0 saturated heterocycles. The topological polar surface area (TPSA) is 64.9 Å². The lowest BCUT2D eigenvalue weighted by Gasteiger charge is -2.14. The zero-order valence-electron chi connectivity index (χ0n) is 18.1. The first kappa shape index (κ1) is 25.0. The Morgan fingerprint density at radius 3 is 2.68 bits per heavy atom. The van der Waals surface area contributed by atoms with Crippen molar-refractivity contribution in [3.05, 3.63) is 92.4 Å². The van der Waals surface area contributed by atoms with Crippen molar-refractivity contribution in [1.82, 2.24) is 25.5 Å². The van der Waals surface area contributed by atoms with E-state index in [0.29, 0.717) is 23.2 Å². The Balaban J connectivity index is 1.25. The van der Waals surface area contributed by atoms with E-state index in [0.717, 1.165) is 50.9 Å². The van der Waals surface area contributed by atoms with Gasteiger partial charge in [-0.05, 0) is 65.9 Å². The van der Waals surface area contributed by atoms with E-state index in [1.54, 1.807) is 22.5 Å². The highest BCUT2D eigenvalue weighted by molar-refractivity contribution is 9.10. The van der Waals surface area contributed by atoms with Gasteiger partial charge in [0, 0.05) is 37.9 Å². The normalized spacial score (nSPS) is 11.0. The van der Waals surface area contributed by atoms with Gasteiger partial charge < -0.3 is 10.1 Å². The maximum absolute atomic E-state index is 6.27. The summed E-state index contributed by atoms with van der Waals surface area (Å²) in [6.45, 7) is 1.92. The molecular weight excluding hydrogens is 557 g/mol. The largest absolute Gasteiger partial charge is 0.489 e. The molecule has 0 unspecified atom stereocenters. The maximum atomic E-state index is 6.27. The molecule has 0 radical (unpaired) electrons. The fraction of sp³-hybridized carbons (Fsp3) is 0.208. The van der Waals surface area contributed by atoms with Crippen molar-refractivity contribution in [3.63, 3.8) is 0 Å². The molecule has 0 aliphatic heterocycles. The van der Waals surface area contributed by atoms with Crippen molar-refractivity contribution < 1.29 is 4.74 Å². The minimum atomic E-state index is 0.372. The number of rotatable bonds is 11. The molecule has 0 aliphatic rings. The molecule has 0 bridgehead atoms. The molecule has 0 aliphatic carbocycles. The smallest absolute Gasteiger partial charge is 0.214 e. The first-order valence-corrected chi connectivity index (χ1v) is 13.2. The SMILES string of the molecule is Clc1ccc(COc2ccc(Br)cc2CNCCCSc2nnnn2-c2ccccc2)c(Cl)c1. The van der Waals surface area contributed by atoms with E-state index in [2.05, 4.69) is 42.8 Å². The van der Waals surface area contributed by atoms with Crippen LogP contribution in [0.15, 0.2) is 76.4 Å². The van der Waals surface area contributed by atoms with Crippen molar-refractivity contribution >= 4 is 50.9 Å². The van der Waals surface area contributed by atoms with E-state index >= 15 is 0 Å². The first-order valence-electron chi connectivity index (χ1n) is 10.6. The van der Waals surface area contributed by atoms with E-state index in [9.17, 15) is 0 Å². The lowest BCUT2D eigenvalue weighted by Crippen LogP contribution is -2.16. The Bertz CT molecular complexity index is 1230. The molecule has 1 heterocycles. The number of aromatic nitrogens is 4. The van der Waals surface area contributed by atoms with Crippen LogP contribution in [0.25, 0.3) is 5.69 Å². The predicted octanol–water partition coefficient (Wildman–Crippen LogP) is 6.58. The zero-order chi connectivity index (χ0) is 23.8. The Labute approximate surface area is 221 Å². The highest BCUT2D eigenvalue weighted by Crippen LogP contribution is 2.27. The van der Waals surface area contributed by atoms with Crippen LogP contribution in [0.2, 0.25) is 10.0 Å². The number of halogens is 3. The van der Waals surface area contributed by atoms with Gasteiger partial charge in [0.05, 0.1) is 5.69 Å². The fourth-order valence-corrected chi connectivity index (χ4v) is 4.91. The van der Waals surface area contributed by atoms with Gasteiger partial charge >= 0.3 is 0 Å². The monoisotopic (exact) mass is 577 g/mol. The van der Waals surface area contributed by atoms with Gasteiger partial charge in [-0.25, -0.2) is 0 Å². The molecule has 176 valence electrons.